The number of aromatic nitrogens is 1. The summed E-state index contributed by atoms with van der Waals surface area (Å²) in [5.41, 5.74) is 1.89. The number of benzene rings is 1. The predicted octanol–water partition coefficient (Wildman–Crippen LogP) is 2.22. The van der Waals surface area contributed by atoms with E-state index in [1.54, 1.807) is 12.3 Å². The number of halogens is 1. The fourth-order valence-corrected chi connectivity index (χ4v) is 2.64. The normalized spacial score (nSPS) is 23.1. The van der Waals surface area contributed by atoms with Gasteiger partial charge in [-0.1, -0.05) is 6.07 Å². The zero-order valence-electron chi connectivity index (χ0n) is 11.0. The highest BCUT2D eigenvalue weighted by Gasteiger charge is 2.27. The van der Waals surface area contributed by atoms with Gasteiger partial charge in [0.25, 0.3) is 0 Å². The van der Waals surface area contributed by atoms with Crippen LogP contribution in [0, 0.1) is 5.82 Å². The molecule has 3 rings (SSSR count). The van der Waals surface area contributed by atoms with Gasteiger partial charge >= 0.3 is 0 Å². The van der Waals surface area contributed by atoms with Crippen LogP contribution in [0.1, 0.15) is 18.9 Å². The molecular formula is C15H18FN3. The van der Waals surface area contributed by atoms with E-state index < -0.39 is 0 Å². The van der Waals surface area contributed by atoms with Crippen molar-refractivity contribution in [1.82, 2.24) is 15.6 Å². The zero-order valence-corrected chi connectivity index (χ0v) is 11.0. The van der Waals surface area contributed by atoms with Gasteiger partial charge in [-0.15, -0.1) is 0 Å². The summed E-state index contributed by atoms with van der Waals surface area (Å²) in [6.45, 7) is 4.82. The SMILES string of the molecule is CC1(NCc2cc(F)cc3cccnc23)CCNC1. The molecule has 100 valence electrons. The maximum atomic E-state index is 13.6. The molecule has 2 N–H and O–H groups in total. The van der Waals surface area contributed by atoms with E-state index >= 15 is 0 Å². The molecule has 1 unspecified atom stereocenters. The number of hydrogen-bond acceptors (Lipinski definition) is 3. The van der Waals surface area contributed by atoms with Crippen LogP contribution in [0.2, 0.25) is 0 Å². The second kappa shape index (κ2) is 4.87. The first-order chi connectivity index (χ1) is 9.16. The molecule has 1 aliphatic heterocycles. The molecule has 1 aromatic carbocycles. The van der Waals surface area contributed by atoms with Crippen LogP contribution in [0.15, 0.2) is 30.5 Å². The standard InChI is InChI=1S/C15H18FN3/c1-15(4-6-17-10-15)19-9-12-8-13(16)7-11-3-2-5-18-14(11)12/h2-3,5,7-8,17,19H,4,6,9-10H2,1H3. The average Bonchev–Trinajstić information content (AvgIpc) is 2.83. The molecule has 4 heteroatoms. The molecule has 0 saturated carbocycles. The summed E-state index contributed by atoms with van der Waals surface area (Å²) in [4.78, 5) is 4.37. The summed E-state index contributed by atoms with van der Waals surface area (Å²) in [5.74, 6) is -0.202. The van der Waals surface area contributed by atoms with E-state index in [1.807, 2.05) is 12.1 Å². The first kappa shape index (κ1) is 12.5. The number of fused-ring (bicyclic) bond motifs is 1. The van der Waals surface area contributed by atoms with Crippen LogP contribution in [-0.2, 0) is 6.54 Å². The predicted molar refractivity (Wildman–Crippen MR) is 74.4 cm³/mol. The molecule has 0 aliphatic carbocycles. The van der Waals surface area contributed by atoms with Crippen LogP contribution >= 0.6 is 0 Å². The van der Waals surface area contributed by atoms with Crippen LogP contribution in [-0.4, -0.2) is 23.6 Å². The molecule has 19 heavy (non-hydrogen) atoms. The Labute approximate surface area is 112 Å². The highest BCUT2D eigenvalue weighted by molar-refractivity contribution is 5.81. The summed E-state index contributed by atoms with van der Waals surface area (Å²) in [6.07, 6.45) is 2.84. The second-order valence-electron chi connectivity index (χ2n) is 5.48. The van der Waals surface area contributed by atoms with Crippen LogP contribution in [0.25, 0.3) is 10.9 Å². The lowest BCUT2D eigenvalue weighted by Crippen LogP contribution is -2.43. The van der Waals surface area contributed by atoms with E-state index in [1.165, 1.54) is 6.07 Å². The van der Waals surface area contributed by atoms with Crippen LogP contribution in [0.3, 0.4) is 0 Å². The topological polar surface area (TPSA) is 37.0 Å². The van der Waals surface area contributed by atoms with Gasteiger partial charge in [-0.25, -0.2) is 4.39 Å². The molecule has 0 amide bonds. The molecule has 0 bridgehead atoms. The molecule has 2 heterocycles. The van der Waals surface area contributed by atoms with Crippen molar-refractivity contribution in [2.75, 3.05) is 13.1 Å². The average molecular weight is 259 g/mol. The van der Waals surface area contributed by atoms with E-state index in [0.717, 1.165) is 36.0 Å². The molecule has 2 aromatic rings. The molecule has 1 fully saturated rings. The van der Waals surface area contributed by atoms with E-state index in [4.69, 9.17) is 0 Å². The number of hydrogen-bond donors (Lipinski definition) is 2. The van der Waals surface area contributed by atoms with Crippen LogP contribution in [0.4, 0.5) is 4.39 Å². The number of nitrogens with one attached hydrogen (secondary N) is 2. The maximum absolute atomic E-state index is 13.6. The molecule has 1 aromatic heterocycles. The molecule has 1 atom stereocenters. The summed E-state index contributed by atoms with van der Waals surface area (Å²) >= 11 is 0. The highest BCUT2D eigenvalue weighted by Crippen LogP contribution is 2.20. The van der Waals surface area contributed by atoms with Gasteiger partial charge in [-0.05, 0) is 43.7 Å². The number of pyridine rings is 1. The Bertz CT molecular complexity index is 591. The van der Waals surface area contributed by atoms with Gasteiger partial charge in [-0.3, -0.25) is 4.98 Å². The lowest BCUT2D eigenvalue weighted by molar-refractivity contribution is 0.386. The Morgan fingerprint density at radius 2 is 2.37 bits per heavy atom. The monoisotopic (exact) mass is 259 g/mol. The van der Waals surface area contributed by atoms with Gasteiger partial charge in [0.15, 0.2) is 0 Å². The quantitative estimate of drug-likeness (QED) is 0.887. The van der Waals surface area contributed by atoms with Gasteiger partial charge in [0.1, 0.15) is 5.82 Å². The Balaban J connectivity index is 1.87. The van der Waals surface area contributed by atoms with E-state index in [-0.39, 0.29) is 11.4 Å². The Kier molecular flexibility index (Phi) is 3.21. The second-order valence-corrected chi connectivity index (χ2v) is 5.48. The minimum atomic E-state index is -0.202. The summed E-state index contributed by atoms with van der Waals surface area (Å²) in [5, 5.41) is 7.73. The lowest BCUT2D eigenvalue weighted by Gasteiger charge is -2.24. The number of nitrogens with zero attached hydrogens (tertiary/aromatic N) is 1. The molecule has 3 nitrogen and oxygen atoms in total. The Morgan fingerprint density at radius 1 is 1.47 bits per heavy atom. The van der Waals surface area contributed by atoms with Gasteiger partial charge < -0.3 is 10.6 Å². The van der Waals surface area contributed by atoms with Crippen molar-refractivity contribution < 1.29 is 4.39 Å². The van der Waals surface area contributed by atoms with Crippen molar-refractivity contribution in [1.29, 1.82) is 0 Å². The minimum absolute atomic E-state index is 0.0907. The third-order valence-corrected chi connectivity index (χ3v) is 3.82. The smallest absolute Gasteiger partial charge is 0.124 e. The summed E-state index contributed by atoms with van der Waals surface area (Å²) in [7, 11) is 0. The molecular weight excluding hydrogens is 241 g/mol. The van der Waals surface area contributed by atoms with Crippen LogP contribution < -0.4 is 10.6 Å². The Morgan fingerprint density at radius 3 is 3.16 bits per heavy atom. The fraction of sp³-hybridized carbons (Fsp3) is 0.400. The first-order valence-electron chi connectivity index (χ1n) is 6.65. The Hall–Kier alpha value is -1.52. The first-order valence-corrected chi connectivity index (χ1v) is 6.65. The van der Waals surface area contributed by atoms with Crippen molar-refractivity contribution in [3.05, 3.63) is 41.8 Å². The van der Waals surface area contributed by atoms with Gasteiger partial charge in [0.05, 0.1) is 5.52 Å². The summed E-state index contributed by atoms with van der Waals surface area (Å²) < 4.78 is 13.6. The zero-order chi connectivity index (χ0) is 13.3. The van der Waals surface area contributed by atoms with E-state index in [2.05, 4.69) is 22.5 Å². The third-order valence-electron chi connectivity index (χ3n) is 3.82. The van der Waals surface area contributed by atoms with E-state index in [0.29, 0.717) is 6.54 Å². The van der Waals surface area contributed by atoms with Crippen LogP contribution in [0.5, 0.6) is 0 Å². The molecule has 1 saturated heterocycles. The third kappa shape index (κ3) is 2.60. The largest absolute Gasteiger partial charge is 0.315 e. The van der Waals surface area contributed by atoms with Gasteiger partial charge in [-0.2, -0.15) is 0 Å². The van der Waals surface area contributed by atoms with Crippen molar-refractivity contribution in [3.8, 4) is 0 Å². The number of rotatable bonds is 3. The van der Waals surface area contributed by atoms with Gasteiger partial charge in [0, 0.05) is 30.2 Å². The van der Waals surface area contributed by atoms with E-state index in [9.17, 15) is 4.39 Å². The van der Waals surface area contributed by atoms with Crippen molar-refractivity contribution in [3.63, 3.8) is 0 Å². The molecule has 0 radical (unpaired) electrons. The van der Waals surface area contributed by atoms with Crippen molar-refractivity contribution in [2.24, 2.45) is 0 Å². The minimum Gasteiger partial charge on any atom is -0.315 e. The van der Waals surface area contributed by atoms with Gasteiger partial charge in [0.2, 0.25) is 0 Å². The summed E-state index contributed by atoms with van der Waals surface area (Å²) in [6, 6.07) is 6.84. The van der Waals surface area contributed by atoms with Crippen molar-refractivity contribution in [2.45, 2.75) is 25.4 Å². The maximum Gasteiger partial charge on any atom is 0.124 e. The highest BCUT2D eigenvalue weighted by atomic mass is 19.1. The van der Waals surface area contributed by atoms with Crippen molar-refractivity contribution >= 4 is 10.9 Å². The lowest BCUT2D eigenvalue weighted by atomic mass is 10.0. The molecule has 0 spiro atoms. The fourth-order valence-electron chi connectivity index (χ4n) is 2.64. The molecule has 1 aliphatic rings.